The van der Waals surface area contributed by atoms with Crippen molar-refractivity contribution >= 4 is 23.5 Å². The van der Waals surface area contributed by atoms with Gasteiger partial charge in [0, 0.05) is 12.8 Å². The van der Waals surface area contributed by atoms with Crippen molar-refractivity contribution in [2.45, 2.75) is 78.0 Å². The molecular weight excluding hydrogens is 478 g/mol. The summed E-state index contributed by atoms with van der Waals surface area (Å²) in [6.45, 7) is 13.5. The van der Waals surface area contributed by atoms with Gasteiger partial charge in [-0.25, -0.2) is 9.78 Å². The number of pyridine rings is 1. The van der Waals surface area contributed by atoms with Crippen molar-refractivity contribution in [1.29, 1.82) is 0 Å². The number of carbonyl (C=O) groups excluding carboxylic acids is 1. The van der Waals surface area contributed by atoms with Crippen molar-refractivity contribution in [1.82, 2.24) is 10.3 Å². The van der Waals surface area contributed by atoms with Crippen LogP contribution in [0.3, 0.4) is 0 Å². The highest BCUT2D eigenvalue weighted by Gasteiger charge is 2.31. The van der Waals surface area contributed by atoms with Gasteiger partial charge < -0.3 is 24.8 Å². The first-order valence-corrected chi connectivity index (χ1v) is 13.0. The lowest BCUT2D eigenvalue weighted by Crippen LogP contribution is -2.52. The highest BCUT2D eigenvalue weighted by molar-refractivity contribution is 6.32. The quantitative estimate of drug-likeness (QED) is 0.385. The van der Waals surface area contributed by atoms with Gasteiger partial charge in [-0.05, 0) is 88.3 Å². The smallest absolute Gasteiger partial charge is 0.408 e. The van der Waals surface area contributed by atoms with E-state index in [1.54, 1.807) is 6.20 Å². The Morgan fingerprint density at radius 3 is 2.58 bits per heavy atom. The summed E-state index contributed by atoms with van der Waals surface area (Å²) in [5.41, 5.74) is 0.783. The van der Waals surface area contributed by atoms with Crippen LogP contribution in [0, 0.1) is 5.92 Å². The van der Waals surface area contributed by atoms with Crippen LogP contribution in [0.1, 0.15) is 60.8 Å². The third-order valence-corrected chi connectivity index (χ3v) is 6.04. The normalized spacial score (nSPS) is 17.8. The van der Waals surface area contributed by atoms with Crippen molar-refractivity contribution < 1.29 is 19.0 Å². The van der Waals surface area contributed by atoms with Crippen LogP contribution in [-0.2, 0) is 9.47 Å². The summed E-state index contributed by atoms with van der Waals surface area (Å²) in [7, 11) is 0. The molecule has 8 heteroatoms. The molecule has 1 unspecified atom stereocenters. The molecule has 1 aromatic carbocycles. The lowest BCUT2D eigenvalue weighted by Gasteiger charge is -2.33. The van der Waals surface area contributed by atoms with E-state index in [4.69, 9.17) is 25.8 Å². The number of benzene rings is 1. The third kappa shape index (κ3) is 8.86. The summed E-state index contributed by atoms with van der Waals surface area (Å²) < 4.78 is 17.1. The Morgan fingerprint density at radius 2 is 1.94 bits per heavy atom. The van der Waals surface area contributed by atoms with Gasteiger partial charge in [-0.1, -0.05) is 31.5 Å². The Morgan fingerprint density at radius 1 is 1.19 bits per heavy atom. The number of hydrogen-bond acceptors (Lipinski definition) is 6. The van der Waals surface area contributed by atoms with Crippen LogP contribution in [-0.4, -0.2) is 48.1 Å². The van der Waals surface area contributed by atoms with Gasteiger partial charge in [-0.2, -0.15) is 0 Å². The molecule has 0 aliphatic carbocycles. The van der Waals surface area contributed by atoms with E-state index in [9.17, 15) is 4.79 Å². The Hall–Kier alpha value is -2.51. The second-order valence-electron chi connectivity index (χ2n) is 11.2. The van der Waals surface area contributed by atoms with Crippen LogP contribution < -0.4 is 15.4 Å². The van der Waals surface area contributed by atoms with E-state index in [2.05, 4.69) is 29.5 Å². The summed E-state index contributed by atoms with van der Waals surface area (Å²) in [4.78, 5) is 16.9. The lowest BCUT2D eigenvalue weighted by atomic mass is 9.91. The molecule has 7 nitrogen and oxygen atoms in total. The molecule has 1 amide bonds. The molecular formula is C28H40ClN3O4. The van der Waals surface area contributed by atoms with Crippen LogP contribution >= 0.6 is 11.6 Å². The highest BCUT2D eigenvalue weighted by Crippen LogP contribution is 2.32. The van der Waals surface area contributed by atoms with Crippen molar-refractivity contribution in [3.8, 4) is 16.9 Å². The number of anilines is 1. The molecule has 2 heterocycles. The Labute approximate surface area is 220 Å². The van der Waals surface area contributed by atoms with Crippen LogP contribution in [0.25, 0.3) is 11.1 Å². The summed E-state index contributed by atoms with van der Waals surface area (Å²) >= 11 is 6.62. The molecule has 198 valence electrons. The van der Waals surface area contributed by atoms with Crippen molar-refractivity contribution in [2.75, 3.05) is 25.1 Å². The van der Waals surface area contributed by atoms with Gasteiger partial charge >= 0.3 is 6.09 Å². The number of halogens is 1. The van der Waals surface area contributed by atoms with Gasteiger partial charge in [0.1, 0.15) is 23.8 Å². The SMILES string of the molecule is CC(C)C[C@@](C)(COc1ccc(-c2ccnc(NC3CCCOC3)c2)cc1Cl)NC(=O)OC(C)(C)C. The van der Waals surface area contributed by atoms with E-state index >= 15 is 0 Å². The minimum absolute atomic E-state index is 0.260. The summed E-state index contributed by atoms with van der Waals surface area (Å²) in [5, 5.41) is 6.96. The average Bonchev–Trinajstić information content (AvgIpc) is 2.77. The molecule has 2 atom stereocenters. The molecule has 1 aliphatic rings. The second-order valence-corrected chi connectivity index (χ2v) is 11.6. The molecule has 1 aliphatic heterocycles. The zero-order valence-electron chi connectivity index (χ0n) is 22.3. The van der Waals surface area contributed by atoms with Crippen molar-refractivity contribution in [3.63, 3.8) is 0 Å². The minimum Gasteiger partial charge on any atom is -0.490 e. The first-order chi connectivity index (χ1) is 16.9. The fraction of sp³-hybridized carbons (Fsp3) is 0.571. The Kier molecular flexibility index (Phi) is 9.47. The predicted octanol–water partition coefficient (Wildman–Crippen LogP) is 6.70. The zero-order valence-corrected chi connectivity index (χ0v) is 23.1. The molecule has 36 heavy (non-hydrogen) atoms. The minimum atomic E-state index is -0.618. The second kappa shape index (κ2) is 12.2. The summed E-state index contributed by atoms with van der Waals surface area (Å²) in [6, 6.07) is 9.98. The molecule has 1 saturated heterocycles. The number of amides is 1. The standard InChI is InChI=1S/C28H40ClN3O4/c1-19(2)16-28(6,32-26(33)36-27(3,4)5)18-35-24-10-9-20(14-23(24)29)21-11-12-30-25(15-21)31-22-8-7-13-34-17-22/h9-12,14-15,19,22H,7-8,13,16-18H2,1-6H3,(H,30,31)(H,32,33)/t22?,28-/m0/s1. The summed E-state index contributed by atoms with van der Waals surface area (Å²) in [5.74, 6) is 1.73. The number of ether oxygens (including phenoxy) is 3. The molecule has 0 spiro atoms. The topological polar surface area (TPSA) is 81.7 Å². The molecule has 1 aromatic heterocycles. The average molecular weight is 518 g/mol. The zero-order chi connectivity index (χ0) is 26.3. The van der Waals surface area contributed by atoms with E-state index in [1.807, 2.05) is 58.0 Å². The van der Waals surface area contributed by atoms with E-state index in [-0.39, 0.29) is 12.6 Å². The molecule has 3 rings (SSSR count). The van der Waals surface area contributed by atoms with Crippen LogP contribution in [0.2, 0.25) is 5.02 Å². The van der Waals surface area contributed by atoms with Gasteiger partial charge in [-0.15, -0.1) is 0 Å². The van der Waals surface area contributed by atoms with Gasteiger partial charge in [-0.3, -0.25) is 0 Å². The van der Waals surface area contributed by atoms with Gasteiger partial charge in [0.2, 0.25) is 0 Å². The summed E-state index contributed by atoms with van der Waals surface area (Å²) in [6.07, 6.45) is 4.18. The van der Waals surface area contributed by atoms with Crippen molar-refractivity contribution in [2.24, 2.45) is 5.92 Å². The van der Waals surface area contributed by atoms with Crippen molar-refractivity contribution in [3.05, 3.63) is 41.6 Å². The fourth-order valence-corrected chi connectivity index (χ4v) is 4.62. The van der Waals surface area contributed by atoms with E-state index in [0.29, 0.717) is 23.3 Å². The van der Waals surface area contributed by atoms with Gasteiger partial charge in [0.25, 0.3) is 0 Å². The van der Waals surface area contributed by atoms with Crippen LogP contribution in [0.15, 0.2) is 36.5 Å². The molecule has 0 saturated carbocycles. The van der Waals surface area contributed by atoms with Gasteiger partial charge in [0.15, 0.2) is 0 Å². The van der Waals surface area contributed by atoms with E-state index < -0.39 is 17.2 Å². The Bertz CT molecular complexity index is 1020. The largest absolute Gasteiger partial charge is 0.490 e. The van der Waals surface area contributed by atoms with Gasteiger partial charge in [0.05, 0.1) is 23.2 Å². The maximum Gasteiger partial charge on any atom is 0.408 e. The first-order valence-electron chi connectivity index (χ1n) is 12.7. The molecule has 2 N–H and O–H groups in total. The first kappa shape index (κ1) is 28.1. The fourth-order valence-electron chi connectivity index (χ4n) is 4.38. The number of alkyl carbamates (subject to hydrolysis) is 1. The predicted molar refractivity (Wildman–Crippen MR) is 145 cm³/mol. The molecule has 1 fully saturated rings. The molecule has 0 bridgehead atoms. The van der Waals surface area contributed by atoms with Crippen LogP contribution in [0.4, 0.5) is 10.6 Å². The number of carbonyl (C=O) groups is 1. The Balaban J connectivity index is 1.68. The molecule has 0 radical (unpaired) electrons. The molecule has 2 aromatic rings. The number of aromatic nitrogens is 1. The maximum atomic E-state index is 12.5. The number of nitrogens with zero attached hydrogens (tertiary/aromatic N) is 1. The van der Waals surface area contributed by atoms with E-state index in [0.717, 1.165) is 42.8 Å². The number of hydrogen-bond donors (Lipinski definition) is 2. The third-order valence-electron chi connectivity index (χ3n) is 5.75. The van der Waals surface area contributed by atoms with Crippen LogP contribution in [0.5, 0.6) is 5.75 Å². The highest BCUT2D eigenvalue weighted by atomic mass is 35.5. The maximum absolute atomic E-state index is 12.5. The number of rotatable bonds is 9. The lowest BCUT2D eigenvalue weighted by molar-refractivity contribution is 0.0408. The monoisotopic (exact) mass is 517 g/mol. The van der Waals surface area contributed by atoms with E-state index in [1.165, 1.54) is 0 Å². The number of nitrogens with one attached hydrogen (secondary N) is 2.